The first-order valence-electron chi connectivity index (χ1n) is 7.92. The third kappa shape index (κ3) is 3.68. The van der Waals surface area contributed by atoms with Crippen LogP contribution in [0.15, 0.2) is 24.3 Å². The maximum absolute atomic E-state index is 12.6. The molecule has 23 heavy (non-hydrogen) atoms. The maximum atomic E-state index is 12.6. The number of nitrogens with zero attached hydrogens (tertiary/aromatic N) is 1. The Morgan fingerprint density at radius 3 is 2.43 bits per heavy atom. The van der Waals surface area contributed by atoms with Crippen molar-refractivity contribution < 1.29 is 22.7 Å². The summed E-state index contributed by atoms with van der Waals surface area (Å²) in [6.45, 7) is 0. The van der Waals surface area contributed by atoms with Gasteiger partial charge in [-0.05, 0) is 38.8 Å². The summed E-state index contributed by atoms with van der Waals surface area (Å²) in [7, 11) is 2.09. The van der Waals surface area contributed by atoms with Crippen molar-refractivity contribution >= 4 is 5.78 Å². The van der Waals surface area contributed by atoms with Crippen molar-refractivity contribution in [2.45, 2.75) is 50.6 Å². The van der Waals surface area contributed by atoms with Gasteiger partial charge in [0, 0.05) is 30.0 Å². The predicted molar refractivity (Wildman–Crippen MR) is 79.1 cm³/mol. The first-order chi connectivity index (χ1) is 10.8. The minimum absolute atomic E-state index is 0.0000737. The molecular formula is C17H20F3NO2. The molecule has 1 aromatic carbocycles. The van der Waals surface area contributed by atoms with Crippen LogP contribution in [0.4, 0.5) is 13.2 Å². The average Bonchev–Trinajstić information content (AvgIpc) is 2.70. The number of benzene rings is 1. The van der Waals surface area contributed by atoms with Gasteiger partial charge in [-0.3, -0.25) is 4.79 Å². The smallest absolute Gasteiger partial charge is 0.405 e. The molecule has 2 bridgehead atoms. The zero-order valence-corrected chi connectivity index (χ0v) is 13.0. The molecule has 0 amide bonds. The summed E-state index contributed by atoms with van der Waals surface area (Å²) in [6, 6.07) is 6.76. The number of halogens is 3. The number of ketones is 1. The Kier molecular flexibility index (Phi) is 4.36. The molecule has 2 atom stereocenters. The van der Waals surface area contributed by atoms with Crippen molar-refractivity contribution in [3.8, 4) is 5.75 Å². The van der Waals surface area contributed by atoms with Gasteiger partial charge in [0.05, 0.1) is 0 Å². The number of Topliss-reactive ketones (excluding diaryl/α,β-unsaturated/α-hetero) is 1. The Bertz CT molecular complexity index is 573. The van der Waals surface area contributed by atoms with Crippen LogP contribution in [0.3, 0.4) is 0 Å². The molecular weight excluding hydrogens is 307 g/mol. The van der Waals surface area contributed by atoms with Crippen LogP contribution in [0, 0.1) is 5.92 Å². The average molecular weight is 327 g/mol. The van der Waals surface area contributed by atoms with Crippen molar-refractivity contribution in [3.63, 3.8) is 0 Å². The van der Waals surface area contributed by atoms with E-state index in [0.29, 0.717) is 17.6 Å². The highest BCUT2D eigenvalue weighted by Crippen LogP contribution is 2.38. The first kappa shape index (κ1) is 16.3. The molecule has 0 radical (unpaired) electrons. The molecule has 0 aromatic heterocycles. The van der Waals surface area contributed by atoms with Gasteiger partial charge < -0.3 is 9.64 Å². The van der Waals surface area contributed by atoms with Gasteiger partial charge in [0.15, 0.2) is 0 Å². The molecule has 6 heteroatoms. The topological polar surface area (TPSA) is 29.5 Å². The zero-order chi connectivity index (χ0) is 16.6. The molecule has 2 saturated heterocycles. The summed E-state index contributed by atoms with van der Waals surface area (Å²) in [5.74, 6) is -0.305. The molecule has 0 aliphatic carbocycles. The van der Waals surface area contributed by atoms with Gasteiger partial charge in [-0.1, -0.05) is 18.2 Å². The van der Waals surface area contributed by atoms with Crippen LogP contribution in [0.1, 0.15) is 31.2 Å². The number of hydrogen-bond donors (Lipinski definition) is 0. The Morgan fingerprint density at radius 1 is 1.22 bits per heavy atom. The fourth-order valence-corrected chi connectivity index (χ4v) is 3.88. The van der Waals surface area contributed by atoms with Gasteiger partial charge in [0.25, 0.3) is 0 Å². The highest BCUT2D eigenvalue weighted by molar-refractivity contribution is 5.84. The van der Waals surface area contributed by atoms with E-state index in [2.05, 4.69) is 16.7 Å². The lowest BCUT2D eigenvalue weighted by molar-refractivity contribution is -0.274. The SMILES string of the molecule is CN1C2CCC1CC(C(=O)Cc1ccccc1OC(F)(F)F)C2. The van der Waals surface area contributed by atoms with Crippen molar-refractivity contribution in [1.29, 1.82) is 0 Å². The fraction of sp³-hybridized carbons (Fsp3) is 0.588. The highest BCUT2D eigenvalue weighted by Gasteiger charge is 2.41. The monoisotopic (exact) mass is 327 g/mol. The second-order valence-corrected chi connectivity index (χ2v) is 6.52. The number of rotatable bonds is 4. The number of ether oxygens (including phenoxy) is 1. The van der Waals surface area contributed by atoms with Gasteiger partial charge in [-0.2, -0.15) is 0 Å². The van der Waals surface area contributed by atoms with E-state index < -0.39 is 6.36 Å². The predicted octanol–water partition coefficient (Wildman–Crippen LogP) is 3.57. The summed E-state index contributed by atoms with van der Waals surface area (Å²) in [5.41, 5.74) is 0.307. The van der Waals surface area contributed by atoms with Crippen molar-refractivity contribution in [2.75, 3.05) is 7.05 Å². The van der Waals surface area contributed by atoms with E-state index in [4.69, 9.17) is 0 Å². The number of carbonyl (C=O) groups excluding carboxylic acids is 1. The minimum Gasteiger partial charge on any atom is -0.405 e. The first-order valence-corrected chi connectivity index (χ1v) is 7.92. The minimum atomic E-state index is -4.74. The second-order valence-electron chi connectivity index (χ2n) is 6.52. The van der Waals surface area contributed by atoms with Gasteiger partial charge in [-0.25, -0.2) is 0 Å². The van der Waals surface area contributed by atoms with E-state index in [1.165, 1.54) is 18.2 Å². The number of piperidine rings is 1. The summed E-state index contributed by atoms with van der Waals surface area (Å²) >= 11 is 0. The molecule has 2 aliphatic rings. The van der Waals surface area contributed by atoms with Crippen LogP contribution >= 0.6 is 0 Å². The van der Waals surface area contributed by atoms with Crippen LogP contribution in [0.5, 0.6) is 5.75 Å². The Hall–Kier alpha value is -1.56. The number of fused-ring (bicyclic) bond motifs is 2. The molecule has 3 nitrogen and oxygen atoms in total. The zero-order valence-electron chi connectivity index (χ0n) is 13.0. The van der Waals surface area contributed by atoms with Crippen molar-refractivity contribution in [2.24, 2.45) is 5.92 Å². The summed E-state index contributed by atoms with van der Waals surface area (Å²) in [6.07, 6.45) is -0.897. The molecule has 2 unspecified atom stereocenters. The van der Waals surface area contributed by atoms with Gasteiger partial charge in [0.2, 0.25) is 0 Å². The van der Waals surface area contributed by atoms with E-state index in [-0.39, 0.29) is 23.9 Å². The van der Waals surface area contributed by atoms with Crippen molar-refractivity contribution in [1.82, 2.24) is 4.90 Å². The third-order valence-corrected chi connectivity index (χ3v) is 5.12. The normalized spacial score (nSPS) is 27.9. The van der Waals surface area contributed by atoms with Crippen LogP contribution in [-0.2, 0) is 11.2 Å². The largest absolute Gasteiger partial charge is 0.573 e. The fourth-order valence-electron chi connectivity index (χ4n) is 3.88. The second kappa shape index (κ2) is 6.15. The van der Waals surface area contributed by atoms with E-state index in [1.54, 1.807) is 6.07 Å². The van der Waals surface area contributed by atoms with Crippen LogP contribution in [0.25, 0.3) is 0 Å². The molecule has 1 aromatic rings. The maximum Gasteiger partial charge on any atom is 0.573 e. The lowest BCUT2D eigenvalue weighted by Crippen LogP contribution is -2.42. The van der Waals surface area contributed by atoms with E-state index in [0.717, 1.165) is 25.7 Å². The summed E-state index contributed by atoms with van der Waals surface area (Å²) in [5, 5.41) is 0. The van der Waals surface area contributed by atoms with E-state index >= 15 is 0 Å². The highest BCUT2D eigenvalue weighted by atomic mass is 19.4. The van der Waals surface area contributed by atoms with Crippen LogP contribution < -0.4 is 4.74 Å². The standard InChI is InChI=1S/C17H20F3NO2/c1-21-13-6-7-14(21)9-12(8-13)15(22)10-11-4-2-3-5-16(11)23-17(18,19)20/h2-5,12-14H,6-10H2,1H3. The third-order valence-electron chi connectivity index (χ3n) is 5.12. The number of alkyl halides is 3. The summed E-state index contributed by atoms with van der Waals surface area (Å²) < 4.78 is 41.4. The van der Waals surface area contributed by atoms with Crippen molar-refractivity contribution in [3.05, 3.63) is 29.8 Å². The Morgan fingerprint density at radius 2 is 1.83 bits per heavy atom. The van der Waals surface area contributed by atoms with Crippen LogP contribution in [-0.4, -0.2) is 36.2 Å². The lowest BCUT2D eigenvalue weighted by Gasteiger charge is -2.35. The summed E-state index contributed by atoms with van der Waals surface area (Å²) in [4.78, 5) is 14.9. The van der Waals surface area contributed by atoms with E-state index in [9.17, 15) is 18.0 Å². The molecule has 2 fully saturated rings. The Balaban J connectivity index is 1.69. The van der Waals surface area contributed by atoms with Gasteiger partial charge in [-0.15, -0.1) is 13.2 Å². The quantitative estimate of drug-likeness (QED) is 0.847. The number of para-hydroxylation sites is 1. The molecule has 0 N–H and O–H groups in total. The molecule has 2 aliphatic heterocycles. The number of hydrogen-bond acceptors (Lipinski definition) is 3. The number of carbonyl (C=O) groups is 1. The lowest BCUT2D eigenvalue weighted by atomic mass is 9.85. The van der Waals surface area contributed by atoms with Gasteiger partial charge in [0.1, 0.15) is 11.5 Å². The molecule has 126 valence electrons. The Labute approximate surface area is 133 Å². The molecule has 0 saturated carbocycles. The molecule has 0 spiro atoms. The van der Waals surface area contributed by atoms with E-state index in [1.807, 2.05) is 0 Å². The molecule has 2 heterocycles. The van der Waals surface area contributed by atoms with Gasteiger partial charge >= 0.3 is 6.36 Å². The van der Waals surface area contributed by atoms with Crippen LogP contribution in [0.2, 0.25) is 0 Å². The molecule has 3 rings (SSSR count).